The molecule has 1 saturated carbocycles. The van der Waals surface area contributed by atoms with Crippen molar-refractivity contribution >= 4 is 0 Å². The van der Waals surface area contributed by atoms with Crippen molar-refractivity contribution < 1.29 is 19.3 Å². The van der Waals surface area contributed by atoms with Crippen LogP contribution in [-0.2, 0) is 14.2 Å². The molecular formula is C21H40N2O4. The summed E-state index contributed by atoms with van der Waals surface area (Å²) in [6.07, 6.45) is 7.28. The van der Waals surface area contributed by atoms with Gasteiger partial charge in [0.1, 0.15) is 0 Å². The highest BCUT2D eigenvalue weighted by Crippen LogP contribution is 2.31. The predicted octanol–water partition coefficient (Wildman–Crippen LogP) is 1.61. The molecule has 0 amide bonds. The average molecular weight is 385 g/mol. The second-order valence-electron chi connectivity index (χ2n) is 8.89. The Kier molecular flexibility index (Phi) is 8.81. The summed E-state index contributed by atoms with van der Waals surface area (Å²) in [5.41, 5.74) is 0. The van der Waals surface area contributed by atoms with Gasteiger partial charge in [0.05, 0.1) is 38.1 Å². The monoisotopic (exact) mass is 384 g/mol. The van der Waals surface area contributed by atoms with E-state index in [9.17, 15) is 5.11 Å². The molecule has 5 unspecified atom stereocenters. The molecule has 1 aliphatic carbocycles. The molecule has 3 fully saturated rings. The molecule has 0 radical (unpaired) electrons. The van der Waals surface area contributed by atoms with Crippen LogP contribution in [0.3, 0.4) is 0 Å². The molecule has 6 heteroatoms. The van der Waals surface area contributed by atoms with Crippen LogP contribution < -0.4 is 0 Å². The first-order valence-corrected chi connectivity index (χ1v) is 11.0. The zero-order valence-electron chi connectivity index (χ0n) is 17.4. The second-order valence-corrected chi connectivity index (χ2v) is 8.89. The lowest BCUT2D eigenvalue weighted by molar-refractivity contribution is 0.0710. The number of aliphatic hydroxyl groups is 1. The molecule has 0 bridgehead atoms. The summed E-state index contributed by atoms with van der Waals surface area (Å²) in [4.78, 5) is 5.02. The summed E-state index contributed by atoms with van der Waals surface area (Å²) in [5.74, 6) is 1.43. The minimum Gasteiger partial charge on any atom is -0.392 e. The van der Waals surface area contributed by atoms with E-state index in [1.54, 1.807) is 7.11 Å². The number of epoxide rings is 2. The molecule has 158 valence electrons. The molecule has 2 heterocycles. The van der Waals surface area contributed by atoms with Crippen molar-refractivity contribution in [2.24, 2.45) is 11.8 Å². The van der Waals surface area contributed by atoms with Crippen molar-refractivity contribution in [3.63, 3.8) is 0 Å². The first-order chi connectivity index (χ1) is 13.1. The summed E-state index contributed by atoms with van der Waals surface area (Å²) >= 11 is 0. The minimum atomic E-state index is -0.290. The van der Waals surface area contributed by atoms with Crippen molar-refractivity contribution in [3.8, 4) is 0 Å². The van der Waals surface area contributed by atoms with E-state index in [1.807, 2.05) is 6.92 Å². The van der Waals surface area contributed by atoms with Gasteiger partial charge in [0, 0.05) is 46.4 Å². The van der Waals surface area contributed by atoms with Crippen LogP contribution in [0.5, 0.6) is 0 Å². The highest BCUT2D eigenvalue weighted by Gasteiger charge is 2.34. The van der Waals surface area contributed by atoms with Crippen LogP contribution >= 0.6 is 0 Å². The molecule has 6 nitrogen and oxygen atoms in total. The number of aliphatic hydroxyl groups excluding tert-OH is 1. The number of methoxy groups -OCH3 is 1. The zero-order valence-corrected chi connectivity index (χ0v) is 17.4. The molecular weight excluding hydrogens is 344 g/mol. The zero-order chi connectivity index (χ0) is 19.1. The Labute approximate surface area is 165 Å². The van der Waals surface area contributed by atoms with Crippen molar-refractivity contribution in [1.29, 1.82) is 0 Å². The lowest BCUT2D eigenvalue weighted by Crippen LogP contribution is -2.42. The van der Waals surface area contributed by atoms with E-state index >= 15 is 0 Å². The molecule has 0 spiro atoms. The predicted molar refractivity (Wildman–Crippen MR) is 106 cm³/mol. The first-order valence-electron chi connectivity index (χ1n) is 11.0. The quantitative estimate of drug-likeness (QED) is 0.385. The third-order valence-electron chi connectivity index (χ3n) is 6.16. The van der Waals surface area contributed by atoms with Gasteiger partial charge >= 0.3 is 0 Å². The van der Waals surface area contributed by atoms with Crippen molar-refractivity contribution in [2.75, 3.05) is 66.2 Å². The fraction of sp³-hybridized carbons (Fsp3) is 1.00. The Morgan fingerprint density at radius 3 is 1.96 bits per heavy atom. The molecule has 0 aromatic carbocycles. The Bertz CT molecular complexity index is 401. The van der Waals surface area contributed by atoms with Crippen LogP contribution in [0.15, 0.2) is 0 Å². The van der Waals surface area contributed by atoms with Crippen LogP contribution in [0.4, 0.5) is 0 Å². The van der Waals surface area contributed by atoms with Gasteiger partial charge in [-0.3, -0.25) is 9.80 Å². The fourth-order valence-corrected chi connectivity index (χ4v) is 4.60. The normalized spacial score (nSPS) is 31.9. The van der Waals surface area contributed by atoms with Crippen molar-refractivity contribution in [2.45, 2.75) is 57.3 Å². The highest BCUT2D eigenvalue weighted by molar-refractivity contribution is 4.85. The number of ether oxygens (including phenoxy) is 3. The van der Waals surface area contributed by atoms with E-state index in [0.717, 1.165) is 65.0 Å². The maximum Gasteiger partial charge on any atom is 0.0936 e. The molecule has 0 aromatic rings. The van der Waals surface area contributed by atoms with E-state index in [0.29, 0.717) is 18.1 Å². The van der Waals surface area contributed by atoms with E-state index < -0.39 is 0 Å². The second kappa shape index (κ2) is 11.1. The Hall–Kier alpha value is -0.240. The smallest absolute Gasteiger partial charge is 0.0936 e. The number of hydrogen-bond donors (Lipinski definition) is 1. The van der Waals surface area contributed by atoms with Crippen LogP contribution in [-0.4, -0.2) is 99.4 Å². The lowest BCUT2D eigenvalue weighted by atomic mass is 9.86. The first kappa shape index (κ1) is 21.5. The van der Waals surface area contributed by atoms with Gasteiger partial charge in [0.2, 0.25) is 0 Å². The summed E-state index contributed by atoms with van der Waals surface area (Å²) in [6.45, 7) is 10.5. The highest BCUT2D eigenvalue weighted by atomic mass is 16.6. The topological polar surface area (TPSA) is 61.0 Å². The van der Waals surface area contributed by atoms with Crippen LogP contribution in [0, 0.1) is 11.8 Å². The largest absolute Gasteiger partial charge is 0.392 e. The molecule has 1 N–H and O–H groups in total. The van der Waals surface area contributed by atoms with E-state index in [1.165, 1.54) is 32.1 Å². The van der Waals surface area contributed by atoms with E-state index in [4.69, 9.17) is 14.2 Å². The third-order valence-corrected chi connectivity index (χ3v) is 6.16. The van der Waals surface area contributed by atoms with Gasteiger partial charge in [-0.2, -0.15) is 0 Å². The van der Waals surface area contributed by atoms with Gasteiger partial charge in [0.15, 0.2) is 0 Å². The number of nitrogens with zero attached hydrogens (tertiary/aromatic N) is 2. The van der Waals surface area contributed by atoms with Crippen molar-refractivity contribution in [3.05, 3.63) is 0 Å². The van der Waals surface area contributed by atoms with E-state index in [2.05, 4.69) is 9.80 Å². The van der Waals surface area contributed by atoms with Crippen LogP contribution in [0.25, 0.3) is 0 Å². The molecule has 3 rings (SSSR count). The van der Waals surface area contributed by atoms with Gasteiger partial charge < -0.3 is 19.3 Å². The number of rotatable bonds is 13. The number of hydrogen-bond acceptors (Lipinski definition) is 6. The minimum absolute atomic E-state index is 0.290. The van der Waals surface area contributed by atoms with Gasteiger partial charge in [-0.15, -0.1) is 0 Å². The summed E-state index contributed by atoms with van der Waals surface area (Å²) in [7, 11) is 1.76. The Balaban J connectivity index is 1.58. The molecule has 5 atom stereocenters. The van der Waals surface area contributed by atoms with E-state index in [-0.39, 0.29) is 6.10 Å². The fourth-order valence-electron chi connectivity index (χ4n) is 4.60. The van der Waals surface area contributed by atoms with Gasteiger partial charge in [-0.1, -0.05) is 19.3 Å². The Morgan fingerprint density at radius 2 is 1.48 bits per heavy atom. The Morgan fingerprint density at radius 1 is 0.926 bits per heavy atom. The molecule has 2 aliphatic heterocycles. The van der Waals surface area contributed by atoms with Crippen molar-refractivity contribution in [1.82, 2.24) is 9.80 Å². The molecule has 2 saturated heterocycles. The maximum atomic E-state index is 9.91. The van der Waals surface area contributed by atoms with Gasteiger partial charge in [0.25, 0.3) is 0 Å². The summed E-state index contributed by atoms with van der Waals surface area (Å²) in [5, 5.41) is 9.91. The van der Waals surface area contributed by atoms with Gasteiger partial charge in [-0.05, 0) is 31.6 Å². The maximum absolute atomic E-state index is 9.91. The molecule has 27 heavy (non-hydrogen) atoms. The standard InChI is InChI=1S/C21H40N2O4/c1-17(24)10-22(8-9-25-2)11-18-6-4-3-5-7-19(18)12-23(13-20-15-26-20)14-21-16-27-21/h17-21,24H,3-16H2,1-2H3. The lowest BCUT2D eigenvalue weighted by Gasteiger charge is -2.35. The average Bonchev–Trinajstić information content (AvgIpc) is 3.50. The van der Waals surface area contributed by atoms with Crippen LogP contribution in [0.2, 0.25) is 0 Å². The SMILES string of the molecule is COCCN(CC(C)O)CC1CCCCCC1CN(CC1CO1)CC1CO1. The van der Waals surface area contributed by atoms with Crippen LogP contribution in [0.1, 0.15) is 39.0 Å². The molecule has 3 aliphatic rings. The third kappa shape index (κ3) is 8.34. The summed E-state index contributed by atoms with van der Waals surface area (Å²) < 4.78 is 16.3. The van der Waals surface area contributed by atoms with Gasteiger partial charge in [-0.25, -0.2) is 0 Å². The molecule has 0 aromatic heterocycles. The summed E-state index contributed by atoms with van der Waals surface area (Å²) in [6, 6.07) is 0.